The first-order valence-electron chi connectivity index (χ1n) is 17.1. The smallest absolute Gasteiger partial charge is 0.141 e. The molecule has 4 nitrogen and oxygen atoms in total. The number of phenols is 1. The standard InChI is InChI=1S/C44H41N3O/c1-41(2)26-14-9-10-17-31(26)47(34-18-11-12-23-45-34)32-24-25(19-20-27(32)41)39-38-37-35-28(15-13-16-30(35)43(5,6)44(38,7)8)42(3,4)29-21-22-33(48)40(46-39)36(29)37/h9-24,48H,1-8H3. The van der Waals surface area contributed by atoms with Crippen molar-refractivity contribution in [3.63, 3.8) is 0 Å². The molecule has 3 heterocycles. The molecule has 0 fully saturated rings. The second kappa shape index (κ2) is 9.14. The van der Waals surface area contributed by atoms with Crippen LogP contribution in [-0.2, 0) is 21.7 Å². The van der Waals surface area contributed by atoms with Gasteiger partial charge in [0.25, 0.3) is 0 Å². The van der Waals surface area contributed by atoms with Crippen molar-refractivity contribution < 1.29 is 5.11 Å². The van der Waals surface area contributed by atoms with Gasteiger partial charge in [-0.3, -0.25) is 4.90 Å². The minimum atomic E-state index is -0.281. The summed E-state index contributed by atoms with van der Waals surface area (Å²) in [6.07, 6.45) is 1.86. The molecule has 1 aliphatic heterocycles. The minimum Gasteiger partial charge on any atom is -0.506 e. The van der Waals surface area contributed by atoms with Crippen LogP contribution in [0.25, 0.3) is 33.3 Å². The Balaban J connectivity index is 1.42. The Kier molecular flexibility index (Phi) is 5.56. The molecule has 48 heavy (non-hydrogen) atoms. The van der Waals surface area contributed by atoms with E-state index >= 15 is 0 Å². The molecule has 0 saturated heterocycles. The highest BCUT2D eigenvalue weighted by atomic mass is 16.3. The molecule has 0 atom stereocenters. The lowest BCUT2D eigenvalue weighted by Gasteiger charge is -2.52. The van der Waals surface area contributed by atoms with E-state index in [4.69, 9.17) is 9.97 Å². The summed E-state index contributed by atoms with van der Waals surface area (Å²) >= 11 is 0. The lowest BCUT2D eigenvalue weighted by molar-refractivity contribution is 0.298. The maximum Gasteiger partial charge on any atom is 0.141 e. The molecule has 3 aliphatic rings. The Labute approximate surface area is 283 Å². The van der Waals surface area contributed by atoms with Crippen molar-refractivity contribution in [3.05, 3.63) is 131 Å². The summed E-state index contributed by atoms with van der Waals surface area (Å²) in [6, 6.07) is 32.5. The van der Waals surface area contributed by atoms with Gasteiger partial charge in [-0.05, 0) is 80.3 Å². The predicted octanol–water partition coefficient (Wildman–Crippen LogP) is 11.0. The van der Waals surface area contributed by atoms with Gasteiger partial charge in [-0.15, -0.1) is 0 Å². The first kappa shape index (κ1) is 29.2. The molecular weight excluding hydrogens is 587 g/mol. The Morgan fingerprint density at radius 2 is 1.25 bits per heavy atom. The van der Waals surface area contributed by atoms with Crippen LogP contribution < -0.4 is 4.90 Å². The van der Waals surface area contributed by atoms with Crippen LogP contribution >= 0.6 is 0 Å². The highest BCUT2D eigenvalue weighted by Crippen LogP contribution is 2.63. The lowest BCUT2D eigenvalue weighted by atomic mass is 9.51. The maximum atomic E-state index is 11.5. The third-order valence-corrected chi connectivity index (χ3v) is 12.5. The summed E-state index contributed by atoms with van der Waals surface area (Å²) < 4.78 is 0. The Hall–Kier alpha value is -4.96. The Morgan fingerprint density at radius 3 is 2.02 bits per heavy atom. The molecule has 0 bridgehead atoms. The van der Waals surface area contributed by atoms with Gasteiger partial charge in [-0.2, -0.15) is 0 Å². The number of anilines is 3. The van der Waals surface area contributed by atoms with Crippen LogP contribution in [0.2, 0.25) is 0 Å². The van der Waals surface area contributed by atoms with Crippen molar-refractivity contribution in [2.45, 2.75) is 77.0 Å². The van der Waals surface area contributed by atoms with Crippen molar-refractivity contribution >= 4 is 28.1 Å². The zero-order chi connectivity index (χ0) is 33.5. The predicted molar refractivity (Wildman–Crippen MR) is 197 cm³/mol. The molecule has 0 radical (unpaired) electrons. The average Bonchev–Trinajstić information content (AvgIpc) is 3.06. The SMILES string of the molecule is CC1(C)c2ccccc2N(c2ccccn2)c2cc(-c3nc4c(O)ccc5c4c4c3C(C)(C)C(C)(C)c3cccc(c3-4)C5(C)C)ccc21. The molecule has 238 valence electrons. The third kappa shape index (κ3) is 3.40. The van der Waals surface area contributed by atoms with E-state index in [1.54, 1.807) is 0 Å². The molecule has 2 aromatic heterocycles. The quantitative estimate of drug-likeness (QED) is 0.207. The molecule has 1 N–H and O–H groups in total. The molecule has 4 aromatic carbocycles. The second-order valence-electron chi connectivity index (χ2n) is 16.1. The number of benzene rings is 4. The van der Waals surface area contributed by atoms with Crippen LogP contribution in [0.5, 0.6) is 5.75 Å². The van der Waals surface area contributed by atoms with E-state index in [0.29, 0.717) is 5.52 Å². The molecular formula is C44H41N3O. The van der Waals surface area contributed by atoms with Crippen LogP contribution in [0.15, 0.2) is 97.2 Å². The number of hydrogen-bond acceptors (Lipinski definition) is 4. The summed E-state index contributed by atoms with van der Waals surface area (Å²) in [6.45, 7) is 18.8. The van der Waals surface area contributed by atoms with Crippen molar-refractivity contribution in [1.29, 1.82) is 0 Å². The Morgan fingerprint density at radius 1 is 0.583 bits per heavy atom. The van der Waals surface area contributed by atoms with Crippen LogP contribution in [-0.4, -0.2) is 15.1 Å². The van der Waals surface area contributed by atoms with Crippen LogP contribution in [0.4, 0.5) is 17.2 Å². The maximum absolute atomic E-state index is 11.5. The number of pyridine rings is 2. The van der Waals surface area contributed by atoms with E-state index in [1.807, 2.05) is 18.3 Å². The largest absolute Gasteiger partial charge is 0.506 e. The molecule has 0 spiro atoms. The third-order valence-electron chi connectivity index (χ3n) is 12.5. The fraction of sp³-hybridized carbons (Fsp3) is 0.273. The fourth-order valence-electron chi connectivity index (χ4n) is 9.20. The number of nitrogens with zero attached hydrogens (tertiary/aromatic N) is 3. The van der Waals surface area contributed by atoms with Gasteiger partial charge < -0.3 is 5.11 Å². The average molecular weight is 628 g/mol. The first-order valence-corrected chi connectivity index (χ1v) is 17.1. The lowest BCUT2D eigenvalue weighted by Crippen LogP contribution is -2.45. The molecule has 0 unspecified atom stereocenters. The number of para-hydroxylation sites is 1. The molecule has 2 aliphatic carbocycles. The van der Waals surface area contributed by atoms with Crippen LogP contribution in [0.3, 0.4) is 0 Å². The van der Waals surface area contributed by atoms with Gasteiger partial charge in [0.15, 0.2) is 0 Å². The van der Waals surface area contributed by atoms with Gasteiger partial charge in [-0.25, -0.2) is 9.97 Å². The van der Waals surface area contributed by atoms with E-state index in [2.05, 4.69) is 139 Å². The fourth-order valence-corrected chi connectivity index (χ4v) is 9.20. The normalized spacial score (nSPS) is 18.3. The molecule has 6 aromatic rings. The van der Waals surface area contributed by atoms with Crippen molar-refractivity contribution in [2.75, 3.05) is 4.90 Å². The second-order valence-corrected chi connectivity index (χ2v) is 16.1. The highest BCUT2D eigenvalue weighted by Gasteiger charge is 2.52. The molecule has 0 amide bonds. The summed E-state index contributed by atoms with van der Waals surface area (Å²) in [5.74, 6) is 1.10. The molecule has 4 heteroatoms. The number of aromatic nitrogens is 2. The molecule has 0 saturated carbocycles. The highest BCUT2D eigenvalue weighted by molar-refractivity contribution is 6.09. The monoisotopic (exact) mass is 627 g/mol. The number of hydrogen-bond donors (Lipinski definition) is 1. The summed E-state index contributed by atoms with van der Waals surface area (Å²) in [5.41, 5.74) is 14.2. The van der Waals surface area contributed by atoms with Gasteiger partial charge in [0.2, 0.25) is 0 Å². The van der Waals surface area contributed by atoms with Crippen molar-refractivity contribution in [3.8, 4) is 28.1 Å². The summed E-state index contributed by atoms with van der Waals surface area (Å²) in [4.78, 5) is 12.6. The van der Waals surface area contributed by atoms with Crippen LogP contribution in [0, 0.1) is 0 Å². The number of phenolic OH excluding ortho intramolecular Hbond substituents is 1. The van der Waals surface area contributed by atoms with Gasteiger partial charge in [-0.1, -0.05) is 116 Å². The van der Waals surface area contributed by atoms with Gasteiger partial charge in [0.1, 0.15) is 17.1 Å². The Bertz CT molecular complexity index is 2360. The topological polar surface area (TPSA) is 49.2 Å². The molecule has 9 rings (SSSR count). The number of aromatic hydroxyl groups is 1. The first-order chi connectivity index (χ1) is 22.8. The number of rotatable bonds is 2. The number of fused-ring (bicyclic) bond motifs is 2. The van der Waals surface area contributed by atoms with Gasteiger partial charge >= 0.3 is 0 Å². The summed E-state index contributed by atoms with van der Waals surface area (Å²) in [7, 11) is 0. The van der Waals surface area contributed by atoms with Crippen molar-refractivity contribution in [2.24, 2.45) is 0 Å². The minimum absolute atomic E-state index is 0.186. The van der Waals surface area contributed by atoms with E-state index in [1.165, 1.54) is 44.5 Å². The zero-order valence-electron chi connectivity index (χ0n) is 29.0. The van der Waals surface area contributed by atoms with Gasteiger partial charge in [0, 0.05) is 33.4 Å². The van der Waals surface area contributed by atoms with E-state index in [0.717, 1.165) is 33.8 Å². The van der Waals surface area contributed by atoms with Crippen LogP contribution in [0.1, 0.15) is 88.8 Å². The zero-order valence-corrected chi connectivity index (χ0v) is 29.0. The van der Waals surface area contributed by atoms with Crippen molar-refractivity contribution in [1.82, 2.24) is 9.97 Å². The van der Waals surface area contributed by atoms with E-state index in [9.17, 15) is 5.11 Å². The van der Waals surface area contributed by atoms with Gasteiger partial charge in [0.05, 0.1) is 17.1 Å². The van der Waals surface area contributed by atoms with E-state index < -0.39 is 0 Å². The van der Waals surface area contributed by atoms with E-state index in [-0.39, 0.29) is 27.4 Å². The summed E-state index contributed by atoms with van der Waals surface area (Å²) in [5, 5.41) is 12.6.